The Bertz CT molecular complexity index is 952. The number of rotatable bonds is 8. The number of fused-ring (bicyclic) bond motifs is 1. The lowest BCUT2D eigenvalue weighted by Gasteiger charge is -2.32. The molecule has 178 valence electrons. The van der Waals surface area contributed by atoms with E-state index in [2.05, 4.69) is 0 Å². The van der Waals surface area contributed by atoms with Gasteiger partial charge in [0.05, 0.1) is 30.2 Å². The van der Waals surface area contributed by atoms with Crippen LogP contribution in [0.5, 0.6) is 0 Å². The van der Waals surface area contributed by atoms with Crippen LogP contribution < -0.4 is 0 Å². The van der Waals surface area contributed by atoms with E-state index in [9.17, 15) is 24.0 Å². The Kier molecular flexibility index (Phi) is 7.84. The summed E-state index contributed by atoms with van der Waals surface area (Å²) in [4.78, 5) is 66.7. The molecule has 33 heavy (non-hydrogen) atoms. The third-order valence-corrected chi connectivity index (χ3v) is 6.14. The van der Waals surface area contributed by atoms with Crippen LogP contribution in [0.3, 0.4) is 0 Å². The topological polar surface area (TPSA) is 104 Å². The van der Waals surface area contributed by atoms with Gasteiger partial charge in [0.2, 0.25) is 5.91 Å². The van der Waals surface area contributed by atoms with Crippen molar-refractivity contribution in [3.63, 3.8) is 0 Å². The van der Waals surface area contributed by atoms with Gasteiger partial charge < -0.3 is 14.5 Å². The first kappa shape index (κ1) is 24.4. The Hall–Kier alpha value is -3.23. The number of esters is 1. The average molecular weight is 458 g/mol. The molecule has 0 radical (unpaired) electrons. The summed E-state index contributed by atoms with van der Waals surface area (Å²) in [5.41, 5.74) is 0.780. The van der Waals surface area contributed by atoms with Crippen LogP contribution in [0.15, 0.2) is 18.2 Å². The summed E-state index contributed by atoms with van der Waals surface area (Å²) in [7, 11) is 1.53. The van der Waals surface area contributed by atoms with E-state index in [1.165, 1.54) is 35.0 Å². The first-order chi connectivity index (χ1) is 15.8. The number of unbranched alkanes of at least 4 members (excludes halogenated alkanes) is 1. The summed E-state index contributed by atoms with van der Waals surface area (Å²) in [6.45, 7) is 5.20. The summed E-state index contributed by atoms with van der Waals surface area (Å²) in [5.74, 6) is -1.75. The van der Waals surface area contributed by atoms with E-state index in [0.717, 1.165) is 12.8 Å². The van der Waals surface area contributed by atoms with Crippen molar-refractivity contribution < 1.29 is 28.7 Å². The highest BCUT2D eigenvalue weighted by Gasteiger charge is 2.36. The van der Waals surface area contributed by atoms with Crippen LogP contribution in [0.4, 0.5) is 0 Å². The Morgan fingerprint density at radius 2 is 1.73 bits per heavy atom. The fourth-order valence-corrected chi connectivity index (χ4v) is 4.16. The molecule has 2 heterocycles. The first-order valence-corrected chi connectivity index (χ1v) is 11.5. The zero-order valence-electron chi connectivity index (χ0n) is 19.5. The highest BCUT2D eigenvalue weighted by Crippen LogP contribution is 2.25. The third kappa shape index (κ3) is 5.23. The molecular weight excluding hydrogens is 426 g/mol. The van der Waals surface area contributed by atoms with Gasteiger partial charge in [-0.2, -0.15) is 0 Å². The lowest BCUT2D eigenvalue weighted by Crippen LogP contribution is -2.45. The molecule has 0 aromatic heterocycles. The minimum atomic E-state index is -0.403. The Balaban J connectivity index is 1.60. The van der Waals surface area contributed by atoms with Crippen molar-refractivity contribution >= 4 is 29.6 Å². The van der Waals surface area contributed by atoms with E-state index in [-0.39, 0.29) is 47.3 Å². The van der Waals surface area contributed by atoms with E-state index in [1.807, 2.05) is 6.92 Å². The molecule has 0 saturated carbocycles. The third-order valence-electron chi connectivity index (χ3n) is 6.14. The van der Waals surface area contributed by atoms with Gasteiger partial charge in [-0.1, -0.05) is 13.3 Å². The maximum atomic E-state index is 12.9. The number of benzene rings is 1. The lowest BCUT2D eigenvalue weighted by molar-refractivity contribution is -0.151. The molecule has 3 rings (SSSR count). The van der Waals surface area contributed by atoms with Gasteiger partial charge in [-0.3, -0.25) is 28.9 Å². The molecule has 1 aromatic rings. The molecule has 0 unspecified atom stereocenters. The van der Waals surface area contributed by atoms with Gasteiger partial charge in [-0.15, -0.1) is 0 Å². The second-order valence-electron chi connectivity index (χ2n) is 8.44. The molecule has 0 spiro atoms. The Morgan fingerprint density at radius 1 is 1.06 bits per heavy atom. The molecule has 1 fully saturated rings. The molecule has 0 atom stereocenters. The first-order valence-electron chi connectivity index (χ1n) is 11.5. The van der Waals surface area contributed by atoms with Crippen molar-refractivity contribution in [1.82, 2.24) is 14.7 Å². The molecule has 0 N–H and O–H groups in total. The number of likely N-dealkylation sites (N-methyl/N-ethyl adjacent to an activating group) is 1. The number of amides is 4. The minimum absolute atomic E-state index is 0.116. The van der Waals surface area contributed by atoms with E-state index in [1.54, 1.807) is 11.8 Å². The van der Waals surface area contributed by atoms with E-state index >= 15 is 0 Å². The number of ether oxygens (including phenoxy) is 1. The number of likely N-dealkylation sites (tertiary alicyclic amines) is 1. The molecule has 2 aliphatic heterocycles. The van der Waals surface area contributed by atoms with Crippen molar-refractivity contribution in [2.24, 2.45) is 5.92 Å². The maximum absolute atomic E-state index is 12.9. The number of nitrogens with zero attached hydrogens (tertiary/aromatic N) is 3. The molecule has 9 heteroatoms. The minimum Gasteiger partial charge on any atom is -0.466 e. The molecule has 1 saturated heterocycles. The molecule has 1 aromatic carbocycles. The Morgan fingerprint density at radius 3 is 2.36 bits per heavy atom. The summed E-state index contributed by atoms with van der Waals surface area (Å²) >= 11 is 0. The van der Waals surface area contributed by atoms with Gasteiger partial charge in [0, 0.05) is 32.2 Å². The molecule has 0 bridgehead atoms. The molecule has 0 aliphatic carbocycles. The standard InChI is InChI=1S/C24H31N3O6/c1-4-6-11-27-22(30)18-8-7-17(14-19(18)23(27)31)21(29)25(3)15-20(28)26-12-9-16(10-13-26)24(32)33-5-2/h7-8,14,16H,4-6,9-13,15H2,1-3H3. The van der Waals surface area contributed by atoms with Gasteiger partial charge in [-0.05, 0) is 44.4 Å². The van der Waals surface area contributed by atoms with Crippen molar-refractivity contribution in [1.29, 1.82) is 0 Å². The second kappa shape index (κ2) is 10.6. The van der Waals surface area contributed by atoms with E-state index in [4.69, 9.17) is 4.74 Å². The number of hydrogen-bond acceptors (Lipinski definition) is 6. The van der Waals surface area contributed by atoms with Gasteiger partial charge in [0.1, 0.15) is 0 Å². The van der Waals surface area contributed by atoms with Crippen LogP contribution in [0, 0.1) is 5.92 Å². The van der Waals surface area contributed by atoms with Gasteiger partial charge in [-0.25, -0.2) is 0 Å². The van der Waals surface area contributed by atoms with Crippen LogP contribution in [0.25, 0.3) is 0 Å². The van der Waals surface area contributed by atoms with E-state index in [0.29, 0.717) is 44.6 Å². The fourth-order valence-electron chi connectivity index (χ4n) is 4.16. The predicted molar refractivity (Wildman–Crippen MR) is 120 cm³/mol. The smallest absolute Gasteiger partial charge is 0.309 e. The van der Waals surface area contributed by atoms with Crippen LogP contribution in [0.1, 0.15) is 70.6 Å². The summed E-state index contributed by atoms with van der Waals surface area (Å²) in [6.07, 6.45) is 2.66. The highest BCUT2D eigenvalue weighted by molar-refractivity contribution is 6.22. The number of hydrogen-bond donors (Lipinski definition) is 0. The van der Waals surface area contributed by atoms with Crippen LogP contribution in [-0.4, -0.2) is 84.1 Å². The average Bonchev–Trinajstić information content (AvgIpc) is 3.06. The van der Waals surface area contributed by atoms with Crippen LogP contribution in [0.2, 0.25) is 0 Å². The second-order valence-corrected chi connectivity index (χ2v) is 8.44. The summed E-state index contributed by atoms with van der Waals surface area (Å²) in [5, 5.41) is 0. The quantitative estimate of drug-likeness (QED) is 0.437. The van der Waals surface area contributed by atoms with Crippen LogP contribution in [-0.2, 0) is 14.3 Å². The van der Waals surface area contributed by atoms with Crippen molar-refractivity contribution in [2.75, 3.05) is 39.8 Å². The zero-order valence-corrected chi connectivity index (χ0v) is 19.5. The molecular formula is C24H31N3O6. The normalized spacial score (nSPS) is 16.1. The van der Waals surface area contributed by atoms with Crippen molar-refractivity contribution in [2.45, 2.75) is 39.5 Å². The molecule has 4 amide bonds. The number of carbonyl (C=O) groups excluding carboxylic acids is 5. The van der Waals surface area contributed by atoms with Gasteiger partial charge in [0.15, 0.2) is 0 Å². The lowest BCUT2D eigenvalue weighted by atomic mass is 9.97. The van der Waals surface area contributed by atoms with Crippen molar-refractivity contribution in [3.8, 4) is 0 Å². The fraction of sp³-hybridized carbons (Fsp3) is 0.542. The number of carbonyl (C=O) groups is 5. The van der Waals surface area contributed by atoms with Gasteiger partial charge in [0.25, 0.3) is 17.7 Å². The number of imide groups is 1. The summed E-state index contributed by atoms with van der Waals surface area (Å²) < 4.78 is 5.05. The van der Waals surface area contributed by atoms with Crippen molar-refractivity contribution in [3.05, 3.63) is 34.9 Å². The Labute approximate surface area is 193 Å². The monoisotopic (exact) mass is 457 g/mol. The SMILES string of the molecule is CCCCN1C(=O)c2ccc(C(=O)N(C)CC(=O)N3CCC(C(=O)OCC)CC3)cc2C1=O. The molecule has 9 nitrogen and oxygen atoms in total. The largest absolute Gasteiger partial charge is 0.466 e. The van der Waals surface area contributed by atoms with E-state index < -0.39 is 5.91 Å². The molecule has 2 aliphatic rings. The number of piperidine rings is 1. The predicted octanol–water partition coefficient (Wildman–Crippen LogP) is 1.96. The summed E-state index contributed by atoms with van der Waals surface area (Å²) in [6, 6.07) is 4.46. The van der Waals surface area contributed by atoms with Crippen LogP contribution >= 0.6 is 0 Å². The van der Waals surface area contributed by atoms with Gasteiger partial charge >= 0.3 is 5.97 Å². The maximum Gasteiger partial charge on any atom is 0.309 e. The zero-order chi connectivity index (χ0) is 24.1. The highest BCUT2D eigenvalue weighted by atomic mass is 16.5.